The summed E-state index contributed by atoms with van der Waals surface area (Å²) in [6.07, 6.45) is 0.923. The number of nitrogens with zero attached hydrogens (tertiary/aromatic N) is 1. The number of carbonyl (C=O) groups is 1. The Morgan fingerprint density at radius 2 is 1.90 bits per heavy atom. The van der Waals surface area contributed by atoms with Crippen LogP contribution < -0.4 is 19.1 Å². The van der Waals surface area contributed by atoms with E-state index in [-0.39, 0.29) is 18.5 Å². The number of aryl methyl sites for hydroxylation is 1. The van der Waals surface area contributed by atoms with Gasteiger partial charge in [-0.2, -0.15) is 0 Å². The van der Waals surface area contributed by atoms with Crippen LogP contribution in [0.25, 0.3) is 0 Å². The molecule has 2 unspecified atom stereocenters. The molecule has 8 heteroatoms. The van der Waals surface area contributed by atoms with Gasteiger partial charge >= 0.3 is 0 Å². The van der Waals surface area contributed by atoms with Crippen molar-refractivity contribution in [3.63, 3.8) is 0 Å². The van der Waals surface area contributed by atoms with Crippen molar-refractivity contribution < 1.29 is 22.7 Å². The minimum Gasteiger partial charge on any atom is -0.497 e. The second-order valence-electron chi connectivity index (χ2n) is 8.34. The first-order chi connectivity index (χ1) is 14.6. The molecule has 31 heavy (non-hydrogen) atoms. The summed E-state index contributed by atoms with van der Waals surface area (Å²) in [4.78, 5) is 13.2. The van der Waals surface area contributed by atoms with Crippen LogP contribution in [0.15, 0.2) is 42.5 Å². The van der Waals surface area contributed by atoms with Crippen molar-refractivity contribution in [1.82, 2.24) is 5.32 Å². The molecule has 1 amide bonds. The summed E-state index contributed by atoms with van der Waals surface area (Å²) in [5.41, 5.74) is 2.32. The van der Waals surface area contributed by atoms with Crippen molar-refractivity contribution in [3.05, 3.63) is 53.6 Å². The molecule has 0 aromatic heterocycles. The Kier molecular flexibility index (Phi) is 6.79. The highest BCUT2D eigenvalue weighted by Crippen LogP contribution is 2.36. The van der Waals surface area contributed by atoms with Crippen molar-refractivity contribution in [2.45, 2.75) is 39.3 Å². The Bertz CT molecular complexity index is 1030. The second-order valence-corrected chi connectivity index (χ2v) is 10.2. The topological polar surface area (TPSA) is 84.9 Å². The quantitative estimate of drug-likeness (QED) is 0.704. The Labute approximate surface area is 184 Å². The zero-order valence-corrected chi connectivity index (χ0v) is 19.4. The third kappa shape index (κ3) is 5.50. The predicted molar refractivity (Wildman–Crippen MR) is 121 cm³/mol. The Balaban J connectivity index is 1.85. The molecule has 168 valence electrons. The van der Waals surface area contributed by atoms with Gasteiger partial charge in [0.25, 0.3) is 5.91 Å². The molecular formula is C23H30N2O5S. The van der Waals surface area contributed by atoms with Crippen LogP contribution in [0.3, 0.4) is 0 Å². The van der Waals surface area contributed by atoms with E-state index in [4.69, 9.17) is 9.47 Å². The van der Waals surface area contributed by atoms with Crippen LogP contribution in [0, 0.1) is 12.8 Å². The van der Waals surface area contributed by atoms with E-state index in [1.54, 1.807) is 19.2 Å². The van der Waals surface area contributed by atoms with Crippen LogP contribution in [-0.2, 0) is 14.8 Å². The molecule has 7 nitrogen and oxygen atoms in total. The van der Waals surface area contributed by atoms with Gasteiger partial charge < -0.3 is 14.8 Å². The minimum absolute atomic E-state index is 0.0713. The molecule has 2 aromatic rings. The lowest BCUT2D eigenvalue weighted by molar-refractivity contribution is -0.128. The van der Waals surface area contributed by atoms with Crippen LogP contribution in [0.5, 0.6) is 11.5 Å². The lowest BCUT2D eigenvalue weighted by atomic mass is 9.96. The fourth-order valence-corrected chi connectivity index (χ4v) is 4.57. The summed E-state index contributed by atoms with van der Waals surface area (Å²) in [5.74, 6) is 1.12. The number of hydrogen-bond donors (Lipinski definition) is 1. The number of methoxy groups -OCH3 is 1. The summed E-state index contributed by atoms with van der Waals surface area (Å²) in [6.45, 7) is 5.98. The van der Waals surface area contributed by atoms with Crippen LogP contribution >= 0.6 is 0 Å². The van der Waals surface area contributed by atoms with Gasteiger partial charge in [-0.15, -0.1) is 0 Å². The van der Waals surface area contributed by atoms with E-state index < -0.39 is 16.1 Å². The summed E-state index contributed by atoms with van der Waals surface area (Å²) in [7, 11) is -1.96. The number of hydrogen-bond acceptors (Lipinski definition) is 5. The van der Waals surface area contributed by atoms with Gasteiger partial charge in [-0.3, -0.25) is 9.10 Å². The molecule has 2 atom stereocenters. The lowest BCUT2D eigenvalue weighted by Gasteiger charge is -2.35. The van der Waals surface area contributed by atoms with Crippen molar-refractivity contribution >= 4 is 21.6 Å². The van der Waals surface area contributed by atoms with E-state index in [1.807, 2.05) is 37.3 Å². The molecule has 0 fully saturated rings. The van der Waals surface area contributed by atoms with Crippen molar-refractivity contribution in [2.24, 2.45) is 5.92 Å². The monoisotopic (exact) mass is 446 g/mol. The van der Waals surface area contributed by atoms with Gasteiger partial charge in [0.05, 0.1) is 31.6 Å². The summed E-state index contributed by atoms with van der Waals surface area (Å²) in [5, 5.41) is 3.06. The van der Waals surface area contributed by atoms with Gasteiger partial charge in [-0.05, 0) is 54.7 Å². The minimum atomic E-state index is -3.57. The molecule has 2 aromatic carbocycles. The maximum atomic E-state index is 13.2. The largest absolute Gasteiger partial charge is 0.497 e. The second kappa shape index (κ2) is 9.18. The molecule has 0 aliphatic carbocycles. The van der Waals surface area contributed by atoms with Crippen LogP contribution in [0.4, 0.5) is 5.69 Å². The Morgan fingerprint density at radius 3 is 2.48 bits per heavy atom. The van der Waals surface area contributed by atoms with Crippen molar-refractivity contribution in [1.29, 1.82) is 0 Å². The van der Waals surface area contributed by atoms with Crippen LogP contribution in [-0.4, -0.2) is 40.3 Å². The van der Waals surface area contributed by atoms with E-state index in [0.717, 1.165) is 29.6 Å². The molecular weight excluding hydrogens is 416 g/mol. The van der Waals surface area contributed by atoms with E-state index in [9.17, 15) is 13.2 Å². The first kappa shape index (κ1) is 22.9. The van der Waals surface area contributed by atoms with Gasteiger partial charge in [-0.1, -0.05) is 32.0 Å². The average molecular weight is 447 g/mol. The molecule has 0 spiro atoms. The summed E-state index contributed by atoms with van der Waals surface area (Å²) in [6, 6.07) is 12.6. The maximum Gasteiger partial charge on any atom is 0.263 e. The molecule has 0 saturated carbocycles. The number of rotatable bonds is 7. The number of amides is 1. The molecule has 1 aliphatic heterocycles. The number of fused-ring (bicyclic) bond motifs is 1. The predicted octanol–water partition coefficient (Wildman–Crippen LogP) is 3.43. The Hall–Kier alpha value is -2.74. The first-order valence-electron chi connectivity index (χ1n) is 10.3. The zero-order valence-electron chi connectivity index (χ0n) is 18.6. The molecule has 0 bridgehead atoms. The number of benzene rings is 2. The van der Waals surface area contributed by atoms with Crippen molar-refractivity contribution in [3.8, 4) is 11.5 Å². The molecule has 0 radical (unpaired) electrons. The lowest BCUT2D eigenvalue weighted by Crippen LogP contribution is -2.51. The molecule has 1 aliphatic rings. The molecule has 3 rings (SSSR count). The third-order valence-electron chi connectivity index (χ3n) is 5.22. The van der Waals surface area contributed by atoms with E-state index in [0.29, 0.717) is 17.4 Å². The van der Waals surface area contributed by atoms with E-state index >= 15 is 0 Å². The Morgan fingerprint density at radius 1 is 1.23 bits per heavy atom. The molecule has 1 heterocycles. The molecule has 1 N–H and O–H groups in total. The number of carbonyl (C=O) groups excluding carboxylic acids is 1. The third-order valence-corrected chi connectivity index (χ3v) is 6.36. The highest BCUT2D eigenvalue weighted by atomic mass is 32.2. The van der Waals surface area contributed by atoms with Crippen LogP contribution in [0.1, 0.15) is 37.4 Å². The fraction of sp³-hybridized carbons (Fsp3) is 0.435. The van der Waals surface area contributed by atoms with Crippen molar-refractivity contribution in [2.75, 3.05) is 24.2 Å². The fourth-order valence-electron chi connectivity index (χ4n) is 3.66. The summed E-state index contributed by atoms with van der Waals surface area (Å²) >= 11 is 0. The highest BCUT2D eigenvalue weighted by molar-refractivity contribution is 7.92. The smallest absolute Gasteiger partial charge is 0.263 e. The van der Waals surface area contributed by atoms with Gasteiger partial charge in [0, 0.05) is 0 Å². The molecule has 0 saturated heterocycles. The normalized spacial score (nSPS) is 17.0. The van der Waals surface area contributed by atoms with E-state index in [1.165, 1.54) is 4.31 Å². The number of nitrogens with one attached hydrogen (secondary N) is 1. The SMILES string of the molecule is COc1ccc(C(CC(C)C)NC(=O)C2CN(S(C)(=O)=O)c3cc(C)ccc3O2)cc1. The zero-order chi connectivity index (χ0) is 22.8. The van der Waals surface area contributed by atoms with Gasteiger partial charge in [0.15, 0.2) is 6.10 Å². The maximum absolute atomic E-state index is 13.2. The van der Waals surface area contributed by atoms with Gasteiger partial charge in [-0.25, -0.2) is 8.42 Å². The van der Waals surface area contributed by atoms with E-state index in [2.05, 4.69) is 19.2 Å². The van der Waals surface area contributed by atoms with Gasteiger partial charge in [0.1, 0.15) is 11.5 Å². The standard InChI is InChI=1S/C23H30N2O5S/c1-15(2)12-19(17-7-9-18(29-4)10-8-17)24-23(26)22-14-25(31(5,27)28)20-13-16(3)6-11-21(20)30-22/h6-11,13,15,19,22H,12,14H2,1-5H3,(H,24,26). The summed E-state index contributed by atoms with van der Waals surface area (Å²) < 4.78 is 37.2. The van der Waals surface area contributed by atoms with Crippen LogP contribution in [0.2, 0.25) is 0 Å². The highest BCUT2D eigenvalue weighted by Gasteiger charge is 2.36. The first-order valence-corrected chi connectivity index (χ1v) is 12.1. The number of anilines is 1. The average Bonchev–Trinajstić information content (AvgIpc) is 2.71. The number of ether oxygens (including phenoxy) is 2. The van der Waals surface area contributed by atoms with Gasteiger partial charge in [0.2, 0.25) is 10.0 Å². The number of sulfonamides is 1.